The number of benzene rings is 1. The van der Waals surface area contributed by atoms with Crippen LogP contribution in [0.4, 0.5) is 11.6 Å². The molecule has 8 heteroatoms. The van der Waals surface area contributed by atoms with E-state index in [1.54, 1.807) is 18.5 Å². The number of nitriles is 1. The quantitative estimate of drug-likeness (QED) is 0.515. The number of rotatable bonds is 6. The minimum atomic E-state index is 0.327. The molecule has 0 radical (unpaired) electrons. The first-order chi connectivity index (χ1) is 13.3. The van der Waals surface area contributed by atoms with Crippen LogP contribution in [0, 0.1) is 11.3 Å². The summed E-state index contributed by atoms with van der Waals surface area (Å²) in [5, 5.41) is 20.1. The Bertz CT molecular complexity index is 978. The van der Waals surface area contributed by atoms with Crippen molar-refractivity contribution in [1.29, 1.82) is 5.26 Å². The van der Waals surface area contributed by atoms with Crippen LogP contribution in [-0.4, -0.2) is 26.3 Å². The molecule has 0 amide bonds. The summed E-state index contributed by atoms with van der Waals surface area (Å²) in [6.45, 7) is 1.51. The molecular formula is C19H17N7O. The average Bonchev–Trinajstić information content (AvgIpc) is 3.36. The summed E-state index contributed by atoms with van der Waals surface area (Å²) >= 11 is 0. The third kappa shape index (κ3) is 3.72. The number of nitrogens with zero attached hydrogens (tertiary/aromatic N) is 5. The molecule has 0 saturated carbocycles. The van der Waals surface area contributed by atoms with Gasteiger partial charge >= 0.3 is 0 Å². The Hall–Kier alpha value is -3.86. The van der Waals surface area contributed by atoms with Gasteiger partial charge in [0.2, 0.25) is 11.8 Å². The van der Waals surface area contributed by atoms with Crippen molar-refractivity contribution < 1.29 is 4.74 Å². The van der Waals surface area contributed by atoms with Gasteiger partial charge in [-0.3, -0.25) is 4.68 Å². The Kier molecular flexibility index (Phi) is 4.66. The lowest BCUT2D eigenvalue weighted by molar-refractivity contribution is 0.460. The standard InChI is InChI=1S/C19H17N7O/c20-13-14(18-24-16-5-1-2-6-17(16)27-18)15-7-10-22-19(25-15)21-8-3-11-26-12-4-9-23-26/h1-2,4-7,9-10,12,24H,3,8,11H2,(H,21,22,25). The number of anilines is 2. The van der Waals surface area contributed by atoms with E-state index in [1.807, 2.05) is 41.2 Å². The van der Waals surface area contributed by atoms with Gasteiger partial charge in [0.1, 0.15) is 11.6 Å². The first-order valence-corrected chi connectivity index (χ1v) is 8.56. The maximum Gasteiger partial charge on any atom is 0.223 e. The lowest BCUT2D eigenvalue weighted by Crippen LogP contribution is -2.10. The summed E-state index contributed by atoms with van der Waals surface area (Å²) < 4.78 is 7.62. The van der Waals surface area contributed by atoms with Crippen molar-refractivity contribution in [1.82, 2.24) is 19.7 Å². The minimum Gasteiger partial charge on any atom is -0.437 e. The molecule has 0 bridgehead atoms. The highest BCUT2D eigenvalue weighted by Gasteiger charge is 2.21. The second-order valence-electron chi connectivity index (χ2n) is 5.85. The van der Waals surface area contributed by atoms with Gasteiger partial charge in [0.25, 0.3) is 0 Å². The first kappa shape index (κ1) is 16.6. The number of fused-ring (bicyclic) bond motifs is 1. The molecule has 0 aliphatic carbocycles. The van der Waals surface area contributed by atoms with Crippen molar-refractivity contribution in [3.63, 3.8) is 0 Å². The molecule has 0 atom stereocenters. The van der Waals surface area contributed by atoms with Crippen LogP contribution in [0.25, 0.3) is 5.57 Å². The van der Waals surface area contributed by atoms with Crippen LogP contribution in [0.15, 0.2) is 60.9 Å². The summed E-state index contributed by atoms with van der Waals surface area (Å²) in [6, 6.07) is 13.3. The second kappa shape index (κ2) is 7.58. The monoisotopic (exact) mass is 359 g/mol. The smallest absolute Gasteiger partial charge is 0.223 e. The number of aryl methyl sites for hydroxylation is 1. The fraction of sp³-hybridized carbons (Fsp3) is 0.158. The van der Waals surface area contributed by atoms with Crippen molar-refractivity contribution in [2.75, 3.05) is 17.2 Å². The van der Waals surface area contributed by atoms with E-state index in [4.69, 9.17) is 4.74 Å². The molecule has 1 aromatic carbocycles. The van der Waals surface area contributed by atoms with Crippen LogP contribution in [0.3, 0.4) is 0 Å². The largest absolute Gasteiger partial charge is 0.437 e. The number of hydrogen-bond donors (Lipinski definition) is 2. The number of ether oxygens (including phenoxy) is 1. The molecule has 3 aromatic rings. The molecule has 8 nitrogen and oxygen atoms in total. The number of allylic oxidation sites excluding steroid dienone is 1. The predicted molar refractivity (Wildman–Crippen MR) is 101 cm³/mol. The molecule has 0 saturated heterocycles. The summed E-state index contributed by atoms with van der Waals surface area (Å²) in [7, 11) is 0. The molecule has 1 aliphatic rings. The van der Waals surface area contributed by atoms with Crippen LogP contribution in [0.5, 0.6) is 5.75 Å². The van der Waals surface area contributed by atoms with Crippen LogP contribution >= 0.6 is 0 Å². The molecule has 0 unspecified atom stereocenters. The number of nitrogens with one attached hydrogen (secondary N) is 2. The highest BCUT2D eigenvalue weighted by atomic mass is 16.5. The number of aromatic nitrogens is 4. The third-order valence-corrected chi connectivity index (χ3v) is 4.00. The van der Waals surface area contributed by atoms with Gasteiger partial charge in [-0.15, -0.1) is 0 Å². The predicted octanol–water partition coefficient (Wildman–Crippen LogP) is 2.87. The lowest BCUT2D eigenvalue weighted by atomic mass is 10.2. The molecule has 0 spiro atoms. The average molecular weight is 359 g/mol. The van der Waals surface area contributed by atoms with Crippen molar-refractivity contribution >= 4 is 17.2 Å². The SMILES string of the molecule is N#CC(=C1Nc2ccccc2O1)c1ccnc(NCCCn2cccn2)n1. The highest BCUT2D eigenvalue weighted by molar-refractivity contribution is 5.81. The van der Waals surface area contributed by atoms with Crippen LogP contribution < -0.4 is 15.4 Å². The van der Waals surface area contributed by atoms with Gasteiger partial charge in [0.15, 0.2) is 5.75 Å². The van der Waals surface area contributed by atoms with E-state index in [2.05, 4.69) is 31.8 Å². The van der Waals surface area contributed by atoms with Crippen molar-refractivity contribution in [2.45, 2.75) is 13.0 Å². The molecular weight excluding hydrogens is 342 g/mol. The van der Waals surface area contributed by atoms with Gasteiger partial charge in [0, 0.05) is 31.7 Å². The van der Waals surface area contributed by atoms with Gasteiger partial charge in [-0.2, -0.15) is 10.4 Å². The maximum atomic E-state index is 9.61. The normalized spacial score (nSPS) is 13.9. The zero-order chi connectivity index (χ0) is 18.5. The lowest BCUT2D eigenvalue weighted by Gasteiger charge is -2.07. The molecule has 27 heavy (non-hydrogen) atoms. The Morgan fingerprint density at radius 3 is 2.96 bits per heavy atom. The van der Waals surface area contributed by atoms with E-state index in [0.717, 1.165) is 18.7 Å². The van der Waals surface area contributed by atoms with Gasteiger partial charge < -0.3 is 15.4 Å². The summed E-state index contributed by atoms with van der Waals surface area (Å²) in [5.74, 6) is 1.53. The molecule has 4 rings (SSSR count). The van der Waals surface area contributed by atoms with Crippen molar-refractivity contribution in [2.24, 2.45) is 0 Å². The van der Waals surface area contributed by atoms with Crippen LogP contribution in [0.1, 0.15) is 12.1 Å². The van der Waals surface area contributed by atoms with E-state index in [1.165, 1.54) is 0 Å². The Morgan fingerprint density at radius 1 is 1.22 bits per heavy atom. The molecule has 3 heterocycles. The van der Waals surface area contributed by atoms with Crippen molar-refractivity contribution in [3.8, 4) is 11.8 Å². The summed E-state index contributed by atoms with van der Waals surface area (Å²) in [6.07, 6.45) is 6.18. The Balaban J connectivity index is 1.45. The highest BCUT2D eigenvalue weighted by Crippen LogP contribution is 2.35. The first-order valence-electron chi connectivity index (χ1n) is 8.56. The fourth-order valence-electron chi connectivity index (χ4n) is 2.71. The molecule has 134 valence electrons. The molecule has 2 N–H and O–H groups in total. The number of para-hydroxylation sites is 2. The topological polar surface area (TPSA) is 101 Å². The minimum absolute atomic E-state index is 0.327. The summed E-state index contributed by atoms with van der Waals surface area (Å²) in [5.41, 5.74) is 1.65. The van der Waals surface area contributed by atoms with Crippen LogP contribution in [0.2, 0.25) is 0 Å². The second-order valence-corrected chi connectivity index (χ2v) is 5.85. The fourth-order valence-corrected chi connectivity index (χ4v) is 2.71. The van der Waals surface area contributed by atoms with E-state index in [0.29, 0.717) is 35.4 Å². The summed E-state index contributed by atoms with van der Waals surface area (Å²) in [4.78, 5) is 8.66. The van der Waals surface area contributed by atoms with Gasteiger partial charge in [-0.05, 0) is 30.7 Å². The van der Waals surface area contributed by atoms with E-state index < -0.39 is 0 Å². The zero-order valence-corrected chi connectivity index (χ0v) is 14.5. The van der Waals surface area contributed by atoms with E-state index in [9.17, 15) is 5.26 Å². The Morgan fingerprint density at radius 2 is 2.15 bits per heavy atom. The van der Waals surface area contributed by atoms with E-state index >= 15 is 0 Å². The number of hydrogen-bond acceptors (Lipinski definition) is 7. The maximum absolute atomic E-state index is 9.61. The van der Waals surface area contributed by atoms with Gasteiger partial charge in [0.05, 0.1) is 11.4 Å². The molecule has 0 fully saturated rings. The zero-order valence-electron chi connectivity index (χ0n) is 14.5. The van der Waals surface area contributed by atoms with Crippen LogP contribution in [-0.2, 0) is 6.54 Å². The third-order valence-electron chi connectivity index (χ3n) is 4.00. The van der Waals surface area contributed by atoms with Crippen molar-refractivity contribution in [3.05, 3.63) is 66.6 Å². The van der Waals surface area contributed by atoms with Gasteiger partial charge in [-0.1, -0.05) is 12.1 Å². The molecule has 2 aromatic heterocycles. The molecule has 1 aliphatic heterocycles. The van der Waals surface area contributed by atoms with E-state index in [-0.39, 0.29) is 0 Å². The Labute approximate surface area is 156 Å². The van der Waals surface area contributed by atoms with Gasteiger partial charge in [-0.25, -0.2) is 9.97 Å².